The summed E-state index contributed by atoms with van der Waals surface area (Å²) in [6, 6.07) is 2.54. The van der Waals surface area contributed by atoms with Crippen LogP contribution >= 0.6 is 0 Å². The number of rotatable bonds is 5. The molecule has 1 fully saturated rings. The number of hydrogen-bond donors (Lipinski definition) is 2. The summed E-state index contributed by atoms with van der Waals surface area (Å²) in [5.74, 6) is 1.11. The molecule has 0 radical (unpaired) electrons. The van der Waals surface area contributed by atoms with Gasteiger partial charge in [-0.2, -0.15) is 5.10 Å². The van der Waals surface area contributed by atoms with Gasteiger partial charge in [-0.15, -0.1) is 0 Å². The van der Waals surface area contributed by atoms with E-state index in [0.29, 0.717) is 18.0 Å². The first-order valence-electron chi connectivity index (χ1n) is 8.73. The quantitative estimate of drug-likeness (QED) is 0.837. The standard InChI is InChI=1S/C18H24N4O4/c1-10-7-14(12(3)26-10)16-8-15(19)18(24)22(21-16)11(2)17(23)20-9-13-5-4-6-25-13/h7-8,11,13H,4-6,9,19H2,1-3H3,(H,20,23)/t11-,13+/m1/s1. The minimum Gasteiger partial charge on any atom is -0.466 e. The fourth-order valence-electron chi connectivity index (χ4n) is 3.09. The molecule has 0 spiro atoms. The second-order valence-electron chi connectivity index (χ2n) is 6.62. The Balaban J connectivity index is 1.84. The first kappa shape index (κ1) is 18.2. The lowest BCUT2D eigenvalue weighted by molar-refractivity contribution is -0.124. The topological polar surface area (TPSA) is 112 Å². The van der Waals surface area contributed by atoms with Gasteiger partial charge in [0.25, 0.3) is 5.56 Å². The summed E-state index contributed by atoms with van der Waals surface area (Å²) < 4.78 is 12.1. The van der Waals surface area contributed by atoms with E-state index in [2.05, 4.69) is 10.4 Å². The van der Waals surface area contributed by atoms with Crippen LogP contribution < -0.4 is 16.6 Å². The zero-order valence-electron chi connectivity index (χ0n) is 15.2. The van der Waals surface area contributed by atoms with Gasteiger partial charge in [0.2, 0.25) is 5.91 Å². The number of carbonyl (C=O) groups excluding carboxylic acids is 1. The predicted molar refractivity (Wildman–Crippen MR) is 96.8 cm³/mol. The van der Waals surface area contributed by atoms with Gasteiger partial charge in [-0.1, -0.05) is 0 Å². The fourth-order valence-corrected chi connectivity index (χ4v) is 3.09. The lowest BCUT2D eigenvalue weighted by Gasteiger charge is -2.17. The van der Waals surface area contributed by atoms with Crippen molar-refractivity contribution in [3.8, 4) is 11.3 Å². The van der Waals surface area contributed by atoms with E-state index in [9.17, 15) is 9.59 Å². The number of nitrogens with two attached hydrogens (primary N) is 1. The van der Waals surface area contributed by atoms with Crippen LogP contribution in [0.15, 0.2) is 21.3 Å². The van der Waals surface area contributed by atoms with Crippen molar-refractivity contribution in [3.63, 3.8) is 0 Å². The summed E-state index contributed by atoms with van der Waals surface area (Å²) in [5.41, 5.74) is 6.65. The predicted octanol–water partition coefficient (Wildman–Crippen LogP) is 1.56. The van der Waals surface area contributed by atoms with E-state index in [1.807, 2.05) is 19.9 Å². The summed E-state index contributed by atoms with van der Waals surface area (Å²) in [7, 11) is 0. The van der Waals surface area contributed by atoms with Crippen molar-refractivity contribution in [1.29, 1.82) is 0 Å². The number of amides is 1. The number of nitrogens with one attached hydrogen (secondary N) is 1. The van der Waals surface area contributed by atoms with E-state index in [-0.39, 0.29) is 17.7 Å². The average Bonchev–Trinajstić information content (AvgIpc) is 3.23. The zero-order valence-corrected chi connectivity index (χ0v) is 15.2. The number of aromatic nitrogens is 2. The second-order valence-corrected chi connectivity index (χ2v) is 6.62. The number of anilines is 1. The van der Waals surface area contributed by atoms with Crippen LogP contribution in [0.2, 0.25) is 0 Å². The molecule has 1 saturated heterocycles. The van der Waals surface area contributed by atoms with E-state index >= 15 is 0 Å². The third-order valence-electron chi connectivity index (χ3n) is 4.55. The van der Waals surface area contributed by atoms with Crippen molar-refractivity contribution in [2.24, 2.45) is 0 Å². The van der Waals surface area contributed by atoms with Crippen LogP contribution in [0.3, 0.4) is 0 Å². The number of ether oxygens (including phenoxy) is 1. The van der Waals surface area contributed by atoms with Gasteiger partial charge in [0.1, 0.15) is 23.2 Å². The number of aryl methyl sites for hydroxylation is 2. The number of furan rings is 1. The Morgan fingerprint density at radius 1 is 1.46 bits per heavy atom. The lowest BCUT2D eigenvalue weighted by atomic mass is 10.1. The monoisotopic (exact) mass is 360 g/mol. The number of carbonyl (C=O) groups is 1. The highest BCUT2D eigenvalue weighted by molar-refractivity contribution is 5.80. The highest BCUT2D eigenvalue weighted by Crippen LogP contribution is 2.25. The number of hydrogen-bond acceptors (Lipinski definition) is 6. The molecule has 2 atom stereocenters. The molecule has 0 saturated carbocycles. The van der Waals surface area contributed by atoms with Crippen molar-refractivity contribution in [2.75, 3.05) is 18.9 Å². The van der Waals surface area contributed by atoms with Crippen LogP contribution in [0.25, 0.3) is 11.3 Å². The van der Waals surface area contributed by atoms with Gasteiger partial charge in [-0.3, -0.25) is 9.59 Å². The Hall–Kier alpha value is -2.61. The van der Waals surface area contributed by atoms with Crippen LogP contribution in [0.4, 0.5) is 5.69 Å². The minimum atomic E-state index is -0.792. The minimum absolute atomic E-state index is 0.0313. The maximum absolute atomic E-state index is 12.5. The molecule has 26 heavy (non-hydrogen) atoms. The Morgan fingerprint density at radius 3 is 2.85 bits per heavy atom. The third kappa shape index (κ3) is 3.65. The highest BCUT2D eigenvalue weighted by Gasteiger charge is 2.23. The fraction of sp³-hybridized carbons (Fsp3) is 0.500. The van der Waals surface area contributed by atoms with Crippen molar-refractivity contribution in [1.82, 2.24) is 15.1 Å². The molecule has 0 bridgehead atoms. The van der Waals surface area contributed by atoms with Gasteiger partial charge in [-0.25, -0.2) is 4.68 Å². The molecular formula is C18H24N4O4. The van der Waals surface area contributed by atoms with E-state index < -0.39 is 11.6 Å². The van der Waals surface area contributed by atoms with Crippen LogP contribution in [-0.2, 0) is 9.53 Å². The van der Waals surface area contributed by atoms with Gasteiger partial charge in [0.15, 0.2) is 0 Å². The highest BCUT2D eigenvalue weighted by atomic mass is 16.5. The van der Waals surface area contributed by atoms with Crippen molar-refractivity contribution < 1.29 is 13.9 Å². The first-order valence-corrected chi connectivity index (χ1v) is 8.73. The number of nitrogen functional groups attached to an aromatic ring is 1. The molecule has 2 aromatic heterocycles. The smallest absolute Gasteiger partial charge is 0.290 e. The van der Waals surface area contributed by atoms with E-state index in [1.54, 1.807) is 6.92 Å². The van der Waals surface area contributed by atoms with Crippen LogP contribution in [0.1, 0.15) is 37.3 Å². The molecule has 1 aliphatic heterocycles. The lowest BCUT2D eigenvalue weighted by Crippen LogP contribution is -2.40. The summed E-state index contributed by atoms with van der Waals surface area (Å²) in [5, 5.41) is 7.17. The van der Waals surface area contributed by atoms with Gasteiger partial charge >= 0.3 is 0 Å². The summed E-state index contributed by atoms with van der Waals surface area (Å²) >= 11 is 0. The van der Waals surface area contributed by atoms with E-state index in [0.717, 1.165) is 35.5 Å². The molecule has 0 aliphatic carbocycles. The Bertz CT molecular complexity index is 865. The Kier molecular flexibility index (Phi) is 5.13. The first-order chi connectivity index (χ1) is 12.4. The van der Waals surface area contributed by atoms with Crippen LogP contribution in [0.5, 0.6) is 0 Å². The molecule has 3 N–H and O–H groups in total. The maximum atomic E-state index is 12.5. The Morgan fingerprint density at radius 2 is 2.23 bits per heavy atom. The van der Waals surface area contributed by atoms with E-state index in [4.69, 9.17) is 14.9 Å². The Labute approximate surface area is 151 Å². The maximum Gasteiger partial charge on any atom is 0.290 e. The summed E-state index contributed by atoms with van der Waals surface area (Å²) in [6.45, 7) is 6.41. The molecule has 140 valence electrons. The SMILES string of the molecule is Cc1cc(-c2cc(N)c(=O)n([C@H](C)C(=O)NC[C@@H]3CCCO3)n2)c(C)o1. The van der Waals surface area contributed by atoms with Crippen molar-refractivity contribution >= 4 is 11.6 Å². The van der Waals surface area contributed by atoms with Crippen LogP contribution in [-0.4, -0.2) is 34.9 Å². The molecule has 3 heterocycles. The van der Waals surface area contributed by atoms with Crippen molar-refractivity contribution in [2.45, 2.75) is 45.8 Å². The van der Waals surface area contributed by atoms with E-state index in [1.165, 1.54) is 6.07 Å². The molecule has 1 aliphatic rings. The van der Waals surface area contributed by atoms with Gasteiger partial charge in [0.05, 0.1) is 11.8 Å². The second kappa shape index (κ2) is 7.33. The van der Waals surface area contributed by atoms with Crippen molar-refractivity contribution in [3.05, 3.63) is 34.0 Å². The molecule has 8 heteroatoms. The van der Waals surface area contributed by atoms with Crippen LogP contribution in [0, 0.1) is 13.8 Å². The van der Waals surface area contributed by atoms with Gasteiger partial charge in [-0.05, 0) is 45.7 Å². The summed E-state index contributed by atoms with van der Waals surface area (Å²) in [6.07, 6.45) is 1.96. The number of nitrogens with zero attached hydrogens (tertiary/aromatic N) is 2. The molecule has 3 rings (SSSR count). The molecule has 8 nitrogen and oxygen atoms in total. The molecule has 0 aromatic carbocycles. The molecule has 0 unspecified atom stereocenters. The summed E-state index contributed by atoms with van der Waals surface area (Å²) in [4.78, 5) is 24.9. The third-order valence-corrected chi connectivity index (χ3v) is 4.55. The van der Waals surface area contributed by atoms with Gasteiger partial charge < -0.3 is 20.2 Å². The largest absolute Gasteiger partial charge is 0.466 e. The molecular weight excluding hydrogens is 336 g/mol. The average molecular weight is 360 g/mol. The zero-order chi connectivity index (χ0) is 18.8. The normalized spacial score (nSPS) is 18.0. The molecule has 1 amide bonds. The van der Waals surface area contributed by atoms with Gasteiger partial charge in [0, 0.05) is 18.7 Å². The molecule has 2 aromatic rings.